The number of sulfone groups is 1. The highest BCUT2D eigenvalue weighted by Crippen LogP contribution is 2.16. The lowest BCUT2D eigenvalue weighted by Gasteiger charge is -2.34. The molecule has 7 nitrogen and oxygen atoms in total. The van der Waals surface area contributed by atoms with E-state index < -0.39 is 14.6 Å². The Kier molecular flexibility index (Phi) is 5.79. The third kappa shape index (κ3) is 4.92. The van der Waals surface area contributed by atoms with E-state index in [1.165, 1.54) is 0 Å². The van der Waals surface area contributed by atoms with Crippen molar-refractivity contribution in [3.8, 4) is 0 Å². The van der Waals surface area contributed by atoms with Gasteiger partial charge in [-0.2, -0.15) is 0 Å². The van der Waals surface area contributed by atoms with Gasteiger partial charge in [0.05, 0.1) is 17.0 Å². The Balaban J connectivity index is 2.37. The molecule has 0 bridgehead atoms. The smallest absolute Gasteiger partial charge is 0.156 e. The van der Waals surface area contributed by atoms with Crippen molar-refractivity contribution in [2.75, 3.05) is 45.0 Å². The summed E-state index contributed by atoms with van der Waals surface area (Å²) in [4.78, 5) is 4.23. The Hall–Kier alpha value is -0.860. The standard InChI is InChI=1S/C12H26N4O3S/c1-12(2,3)20(18,19)9-8-15-4-6-16(7-5-15)10-11(13)14-17/h17H,4-10H2,1-3H3,(H2,13,14). The summed E-state index contributed by atoms with van der Waals surface area (Å²) in [5, 5.41) is 11.5. The lowest BCUT2D eigenvalue weighted by Crippen LogP contribution is -2.50. The molecule has 0 unspecified atom stereocenters. The highest BCUT2D eigenvalue weighted by Gasteiger charge is 2.29. The first-order chi connectivity index (χ1) is 9.15. The summed E-state index contributed by atoms with van der Waals surface area (Å²) in [5.74, 6) is 0.394. The molecule has 0 aliphatic carbocycles. The maximum Gasteiger partial charge on any atom is 0.156 e. The van der Waals surface area contributed by atoms with Gasteiger partial charge in [0.15, 0.2) is 15.7 Å². The molecule has 0 amide bonds. The summed E-state index contributed by atoms with van der Waals surface area (Å²) in [6.45, 7) is 9.42. The third-order valence-electron chi connectivity index (χ3n) is 3.59. The molecule has 3 N–H and O–H groups in total. The number of oxime groups is 1. The minimum absolute atomic E-state index is 0.191. The van der Waals surface area contributed by atoms with Gasteiger partial charge in [0, 0.05) is 32.7 Å². The molecule has 0 radical (unpaired) electrons. The molecule has 0 aromatic rings. The summed E-state index contributed by atoms with van der Waals surface area (Å²) in [5.41, 5.74) is 5.47. The number of rotatable bonds is 5. The average Bonchev–Trinajstić information content (AvgIpc) is 2.36. The van der Waals surface area contributed by atoms with Crippen molar-refractivity contribution in [2.45, 2.75) is 25.5 Å². The Bertz CT molecular complexity index is 434. The van der Waals surface area contributed by atoms with Crippen LogP contribution in [-0.4, -0.2) is 79.0 Å². The number of piperazine rings is 1. The summed E-state index contributed by atoms with van der Waals surface area (Å²) in [6, 6.07) is 0. The quantitative estimate of drug-likeness (QED) is 0.309. The maximum atomic E-state index is 12.0. The van der Waals surface area contributed by atoms with Crippen LogP contribution in [0.5, 0.6) is 0 Å². The van der Waals surface area contributed by atoms with E-state index in [-0.39, 0.29) is 11.6 Å². The first kappa shape index (κ1) is 17.2. The van der Waals surface area contributed by atoms with Crippen LogP contribution in [0.15, 0.2) is 5.16 Å². The molecule has 0 aromatic carbocycles. The van der Waals surface area contributed by atoms with E-state index in [4.69, 9.17) is 10.9 Å². The van der Waals surface area contributed by atoms with Crippen LogP contribution in [0.2, 0.25) is 0 Å². The summed E-state index contributed by atoms with van der Waals surface area (Å²) < 4.78 is 23.4. The molecule has 0 atom stereocenters. The van der Waals surface area contributed by atoms with Gasteiger partial charge < -0.3 is 10.9 Å². The fourth-order valence-corrected chi connectivity index (χ4v) is 3.10. The summed E-state index contributed by atoms with van der Waals surface area (Å²) in [6.07, 6.45) is 0. The number of nitrogens with two attached hydrogens (primary N) is 1. The summed E-state index contributed by atoms with van der Waals surface area (Å²) in [7, 11) is -3.06. The number of hydrogen-bond acceptors (Lipinski definition) is 6. The van der Waals surface area contributed by atoms with Crippen molar-refractivity contribution in [1.29, 1.82) is 0 Å². The van der Waals surface area contributed by atoms with Gasteiger partial charge in [-0.25, -0.2) is 8.42 Å². The third-order valence-corrected chi connectivity index (χ3v) is 6.17. The van der Waals surface area contributed by atoms with Gasteiger partial charge in [0.2, 0.25) is 0 Å². The predicted molar refractivity (Wildman–Crippen MR) is 79.8 cm³/mol. The van der Waals surface area contributed by atoms with Crippen LogP contribution in [0.1, 0.15) is 20.8 Å². The highest BCUT2D eigenvalue weighted by molar-refractivity contribution is 7.92. The first-order valence-electron chi connectivity index (χ1n) is 6.79. The molecule has 1 fully saturated rings. The Morgan fingerprint density at radius 1 is 1.20 bits per heavy atom. The molecule has 1 saturated heterocycles. The number of nitrogens with zero attached hydrogens (tertiary/aromatic N) is 3. The Morgan fingerprint density at radius 3 is 2.15 bits per heavy atom. The summed E-state index contributed by atoms with van der Waals surface area (Å²) >= 11 is 0. The topological polar surface area (TPSA) is 99.2 Å². The van der Waals surface area contributed by atoms with E-state index in [1.54, 1.807) is 20.8 Å². The van der Waals surface area contributed by atoms with Gasteiger partial charge in [-0.05, 0) is 20.8 Å². The van der Waals surface area contributed by atoms with Crippen molar-refractivity contribution < 1.29 is 13.6 Å². The van der Waals surface area contributed by atoms with E-state index in [0.717, 1.165) is 26.2 Å². The molecule has 8 heteroatoms. The SMILES string of the molecule is CC(C)(C)S(=O)(=O)CCN1CCN(CC(N)=NO)CC1. The lowest BCUT2D eigenvalue weighted by molar-refractivity contribution is 0.150. The molecule has 118 valence electrons. The van der Waals surface area contributed by atoms with Gasteiger partial charge in [-0.1, -0.05) is 5.16 Å². The van der Waals surface area contributed by atoms with Crippen molar-refractivity contribution >= 4 is 15.7 Å². The van der Waals surface area contributed by atoms with Crippen molar-refractivity contribution in [3.05, 3.63) is 0 Å². The molecular weight excluding hydrogens is 280 g/mol. The predicted octanol–water partition coefficient (Wildman–Crippen LogP) is -0.436. The lowest BCUT2D eigenvalue weighted by atomic mass is 10.3. The maximum absolute atomic E-state index is 12.0. The normalized spacial score (nSPS) is 20.2. The molecular formula is C12H26N4O3S. The zero-order valence-corrected chi connectivity index (χ0v) is 13.4. The van der Waals surface area contributed by atoms with Crippen molar-refractivity contribution in [1.82, 2.24) is 9.80 Å². The molecule has 0 aromatic heterocycles. The van der Waals surface area contributed by atoms with E-state index in [9.17, 15) is 8.42 Å². The van der Waals surface area contributed by atoms with Crippen LogP contribution in [0.4, 0.5) is 0 Å². The van der Waals surface area contributed by atoms with Gasteiger partial charge in [0.1, 0.15) is 0 Å². The number of amidine groups is 1. The van der Waals surface area contributed by atoms with Crippen LogP contribution in [-0.2, 0) is 9.84 Å². The second kappa shape index (κ2) is 6.73. The van der Waals surface area contributed by atoms with Crippen LogP contribution >= 0.6 is 0 Å². The van der Waals surface area contributed by atoms with E-state index in [0.29, 0.717) is 13.1 Å². The van der Waals surface area contributed by atoms with Crippen LogP contribution < -0.4 is 5.73 Å². The number of hydrogen-bond donors (Lipinski definition) is 2. The van der Waals surface area contributed by atoms with Gasteiger partial charge in [-0.3, -0.25) is 9.80 Å². The van der Waals surface area contributed by atoms with Gasteiger partial charge >= 0.3 is 0 Å². The zero-order chi connectivity index (χ0) is 15.4. The average molecular weight is 306 g/mol. The minimum Gasteiger partial charge on any atom is -0.409 e. The monoisotopic (exact) mass is 306 g/mol. The van der Waals surface area contributed by atoms with E-state index in [1.807, 2.05) is 0 Å². The van der Waals surface area contributed by atoms with Crippen molar-refractivity contribution in [3.63, 3.8) is 0 Å². The molecule has 1 aliphatic rings. The molecule has 1 heterocycles. The van der Waals surface area contributed by atoms with Crippen LogP contribution in [0, 0.1) is 0 Å². The Labute approximate surface area is 121 Å². The zero-order valence-electron chi connectivity index (χ0n) is 12.5. The molecule has 1 aliphatic heterocycles. The van der Waals surface area contributed by atoms with E-state index >= 15 is 0 Å². The van der Waals surface area contributed by atoms with Crippen LogP contribution in [0.3, 0.4) is 0 Å². The van der Waals surface area contributed by atoms with Gasteiger partial charge in [0.25, 0.3) is 0 Å². The van der Waals surface area contributed by atoms with Gasteiger partial charge in [-0.15, -0.1) is 0 Å². The largest absolute Gasteiger partial charge is 0.409 e. The molecule has 0 spiro atoms. The fraction of sp³-hybridized carbons (Fsp3) is 0.917. The van der Waals surface area contributed by atoms with Crippen LogP contribution in [0.25, 0.3) is 0 Å². The molecule has 20 heavy (non-hydrogen) atoms. The molecule has 1 rings (SSSR count). The van der Waals surface area contributed by atoms with Crippen molar-refractivity contribution in [2.24, 2.45) is 10.9 Å². The minimum atomic E-state index is -3.06. The second-order valence-corrected chi connectivity index (χ2v) is 9.00. The fourth-order valence-electron chi connectivity index (χ4n) is 1.99. The highest BCUT2D eigenvalue weighted by atomic mass is 32.2. The first-order valence-corrected chi connectivity index (χ1v) is 8.44. The second-order valence-electron chi connectivity index (χ2n) is 6.14. The van der Waals surface area contributed by atoms with E-state index in [2.05, 4.69) is 15.0 Å². The molecule has 0 saturated carbocycles. The Morgan fingerprint density at radius 2 is 1.70 bits per heavy atom.